The Labute approximate surface area is 75.3 Å². The molecule has 1 aliphatic heterocycles. The van der Waals surface area contributed by atoms with Crippen LogP contribution in [0, 0.1) is 5.92 Å². The Morgan fingerprint density at radius 1 is 1.33 bits per heavy atom. The average molecular weight is 168 g/mol. The van der Waals surface area contributed by atoms with E-state index in [2.05, 4.69) is 17.1 Å². The molecule has 0 aromatic carbocycles. The van der Waals surface area contributed by atoms with Crippen LogP contribution in [0.5, 0.6) is 0 Å². The van der Waals surface area contributed by atoms with Crippen LogP contribution in [0.2, 0.25) is 0 Å². The summed E-state index contributed by atoms with van der Waals surface area (Å²) in [6.45, 7) is 7.35. The van der Waals surface area contributed by atoms with Crippen molar-refractivity contribution in [3.63, 3.8) is 0 Å². The third-order valence-corrected chi connectivity index (χ3v) is 3.21. The van der Waals surface area contributed by atoms with Gasteiger partial charge in [-0.25, -0.2) is 0 Å². The van der Waals surface area contributed by atoms with Gasteiger partial charge in [0.1, 0.15) is 0 Å². The lowest BCUT2D eigenvalue weighted by atomic mass is 9.91. The number of rotatable bonds is 1. The molecule has 1 saturated carbocycles. The maximum atomic E-state index is 3.49. The zero-order valence-corrected chi connectivity index (χ0v) is 8.05. The molecule has 1 atom stereocenters. The van der Waals surface area contributed by atoms with Crippen LogP contribution in [0.25, 0.3) is 0 Å². The summed E-state index contributed by atoms with van der Waals surface area (Å²) < 4.78 is 0. The van der Waals surface area contributed by atoms with Gasteiger partial charge in [-0.3, -0.25) is 4.90 Å². The van der Waals surface area contributed by atoms with Crippen molar-refractivity contribution in [2.45, 2.75) is 32.2 Å². The number of nitrogens with one attached hydrogen (secondary N) is 1. The average Bonchev–Trinajstić information content (AvgIpc) is 2.10. The molecule has 2 fully saturated rings. The molecule has 1 heterocycles. The molecule has 1 N–H and O–H groups in total. The Kier molecular flexibility index (Phi) is 2.66. The molecule has 1 aliphatic carbocycles. The van der Waals surface area contributed by atoms with E-state index in [1.807, 2.05) is 0 Å². The van der Waals surface area contributed by atoms with Crippen molar-refractivity contribution >= 4 is 0 Å². The van der Waals surface area contributed by atoms with Crippen LogP contribution in [-0.4, -0.2) is 37.1 Å². The van der Waals surface area contributed by atoms with Gasteiger partial charge in [-0.05, 0) is 25.3 Å². The lowest BCUT2D eigenvalue weighted by Crippen LogP contribution is -2.43. The first-order valence-corrected chi connectivity index (χ1v) is 5.31. The Hall–Kier alpha value is -0.0800. The summed E-state index contributed by atoms with van der Waals surface area (Å²) in [5.41, 5.74) is 0. The number of hydrogen-bond donors (Lipinski definition) is 1. The third-order valence-electron chi connectivity index (χ3n) is 3.21. The molecule has 2 heteroatoms. The smallest absolute Gasteiger partial charge is 0.0110 e. The standard InChI is InChI=1S/C10H20N2/c1-9-7-11-5-6-12(8-9)10-3-2-4-10/h9-11H,2-8H2,1H3. The highest BCUT2D eigenvalue weighted by atomic mass is 15.2. The highest BCUT2D eigenvalue weighted by Crippen LogP contribution is 2.25. The molecule has 2 nitrogen and oxygen atoms in total. The molecule has 2 aliphatic rings. The molecule has 1 unspecified atom stereocenters. The summed E-state index contributed by atoms with van der Waals surface area (Å²) >= 11 is 0. The van der Waals surface area contributed by atoms with Crippen LogP contribution in [0.3, 0.4) is 0 Å². The van der Waals surface area contributed by atoms with Crippen LogP contribution in [0.1, 0.15) is 26.2 Å². The van der Waals surface area contributed by atoms with E-state index < -0.39 is 0 Å². The second-order valence-corrected chi connectivity index (χ2v) is 4.39. The van der Waals surface area contributed by atoms with Gasteiger partial charge in [0.15, 0.2) is 0 Å². The van der Waals surface area contributed by atoms with Crippen molar-refractivity contribution in [1.82, 2.24) is 10.2 Å². The van der Waals surface area contributed by atoms with Crippen molar-refractivity contribution in [3.05, 3.63) is 0 Å². The largest absolute Gasteiger partial charge is 0.315 e. The fraction of sp³-hybridized carbons (Fsp3) is 1.00. The topological polar surface area (TPSA) is 15.3 Å². The Bertz CT molecular complexity index is 143. The molecule has 1 saturated heterocycles. The van der Waals surface area contributed by atoms with E-state index in [0.29, 0.717) is 0 Å². The van der Waals surface area contributed by atoms with Crippen molar-refractivity contribution in [2.24, 2.45) is 5.92 Å². The predicted octanol–water partition coefficient (Wildman–Crippen LogP) is 1.08. The maximum Gasteiger partial charge on any atom is 0.0110 e. The van der Waals surface area contributed by atoms with Crippen molar-refractivity contribution < 1.29 is 0 Å². The minimum atomic E-state index is 0.841. The van der Waals surface area contributed by atoms with E-state index in [4.69, 9.17) is 0 Å². The normalized spacial score (nSPS) is 34.2. The van der Waals surface area contributed by atoms with Crippen LogP contribution >= 0.6 is 0 Å². The fourth-order valence-electron chi connectivity index (χ4n) is 2.21. The quantitative estimate of drug-likeness (QED) is 0.630. The lowest BCUT2D eigenvalue weighted by Gasteiger charge is -2.37. The molecule has 0 spiro atoms. The number of hydrogen-bond acceptors (Lipinski definition) is 2. The summed E-state index contributed by atoms with van der Waals surface area (Å²) in [5, 5.41) is 3.49. The number of nitrogens with zero attached hydrogens (tertiary/aromatic N) is 1. The zero-order valence-electron chi connectivity index (χ0n) is 8.05. The van der Waals surface area contributed by atoms with E-state index in [0.717, 1.165) is 12.0 Å². The van der Waals surface area contributed by atoms with Gasteiger partial charge in [0.25, 0.3) is 0 Å². The maximum absolute atomic E-state index is 3.49. The van der Waals surface area contributed by atoms with Crippen molar-refractivity contribution in [1.29, 1.82) is 0 Å². The van der Waals surface area contributed by atoms with Gasteiger partial charge in [-0.1, -0.05) is 13.3 Å². The fourth-order valence-corrected chi connectivity index (χ4v) is 2.21. The summed E-state index contributed by atoms with van der Waals surface area (Å²) in [7, 11) is 0. The molecule has 12 heavy (non-hydrogen) atoms. The first-order chi connectivity index (χ1) is 5.86. The highest BCUT2D eigenvalue weighted by Gasteiger charge is 2.26. The highest BCUT2D eigenvalue weighted by molar-refractivity contribution is 4.83. The molecule has 0 aromatic heterocycles. The van der Waals surface area contributed by atoms with Gasteiger partial charge >= 0.3 is 0 Å². The predicted molar refractivity (Wildman–Crippen MR) is 51.2 cm³/mol. The lowest BCUT2D eigenvalue weighted by molar-refractivity contribution is 0.123. The van der Waals surface area contributed by atoms with Crippen LogP contribution in [0.15, 0.2) is 0 Å². The SMILES string of the molecule is CC1CNCCN(C2CCC2)C1. The van der Waals surface area contributed by atoms with E-state index in [9.17, 15) is 0 Å². The monoisotopic (exact) mass is 168 g/mol. The molecule has 70 valence electrons. The minimum Gasteiger partial charge on any atom is -0.315 e. The zero-order chi connectivity index (χ0) is 8.39. The van der Waals surface area contributed by atoms with Crippen LogP contribution < -0.4 is 5.32 Å². The Morgan fingerprint density at radius 3 is 2.83 bits per heavy atom. The van der Waals surface area contributed by atoms with E-state index in [1.165, 1.54) is 45.4 Å². The molecule has 0 amide bonds. The van der Waals surface area contributed by atoms with Gasteiger partial charge in [-0.2, -0.15) is 0 Å². The summed E-state index contributed by atoms with van der Waals surface area (Å²) in [5.74, 6) is 0.841. The first kappa shape index (κ1) is 8.52. The summed E-state index contributed by atoms with van der Waals surface area (Å²) in [6, 6.07) is 0.937. The van der Waals surface area contributed by atoms with E-state index >= 15 is 0 Å². The molecular weight excluding hydrogens is 148 g/mol. The van der Waals surface area contributed by atoms with E-state index in [-0.39, 0.29) is 0 Å². The molecular formula is C10H20N2. The van der Waals surface area contributed by atoms with Crippen LogP contribution in [-0.2, 0) is 0 Å². The van der Waals surface area contributed by atoms with Gasteiger partial charge in [0, 0.05) is 25.7 Å². The molecule has 0 radical (unpaired) electrons. The van der Waals surface area contributed by atoms with Gasteiger partial charge < -0.3 is 5.32 Å². The third kappa shape index (κ3) is 1.80. The summed E-state index contributed by atoms with van der Waals surface area (Å²) in [6.07, 6.45) is 4.36. The Balaban J connectivity index is 1.85. The molecule has 2 rings (SSSR count). The molecule has 0 bridgehead atoms. The van der Waals surface area contributed by atoms with Crippen molar-refractivity contribution in [2.75, 3.05) is 26.2 Å². The first-order valence-electron chi connectivity index (χ1n) is 5.31. The second-order valence-electron chi connectivity index (χ2n) is 4.39. The Morgan fingerprint density at radius 2 is 2.17 bits per heavy atom. The summed E-state index contributed by atoms with van der Waals surface area (Å²) in [4.78, 5) is 2.69. The van der Waals surface area contributed by atoms with Crippen molar-refractivity contribution in [3.8, 4) is 0 Å². The van der Waals surface area contributed by atoms with Gasteiger partial charge in [-0.15, -0.1) is 0 Å². The second kappa shape index (κ2) is 3.75. The minimum absolute atomic E-state index is 0.841. The van der Waals surface area contributed by atoms with Crippen LogP contribution in [0.4, 0.5) is 0 Å². The molecule has 0 aromatic rings. The van der Waals surface area contributed by atoms with Gasteiger partial charge in [0.2, 0.25) is 0 Å². The van der Waals surface area contributed by atoms with Gasteiger partial charge in [0.05, 0.1) is 0 Å². The van der Waals surface area contributed by atoms with E-state index in [1.54, 1.807) is 0 Å².